The molecule has 0 aromatic rings. The zero-order valence-corrected chi connectivity index (χ0v) is 15.0. The highest BCUT2D eigenvalue weighted by atomic mass is 16.6. The van der Waals surface area contributed by atoms with E-state index in [4.69, 9.17) is 4.74 Å². The van der Waals surface area contributed by atoms with E-state index in [2.05, 4.69) is 10.1 Å². The maximum Gasteiger partial charge on any atom is 0.407 e. The molecule has 2 aliphatic heterocycles. The fraction of sp³-hybridized carbons (Fsp3) is 0.750. The van der Waals surface area contributed by atoms with Gasteiger partial charge in [-0.15, -0.1) is 0 Å². The van der Waals surface area contributed by atoms with Crippen LogP contribution in [0.3, 0.4) is 0 Å². The number of hydrogen-bond acceptors (Lipinski definition) is 6. The molecule has 2 unspecified atom stereocenters. The molecule has 2 aliphatic rings. The van der Waals surface area contributed by atoms with Gasteiger partial charge in [0.15, 0.2) is 6.04 Å². The number of esters is 1. The standard InChI is InChI=1S/C16H25N3O6/c1-16(2,3)25-14(22)11-6-5-9-18-12(20)8-7-10(13(21)19(11)18)17-15(23)24-4/h10-11H,5-9H2,1-4H3,(H,17,23). The highest BCUT2D eigenvalue weighted by Crippen LogP contribution is 2.26. The number of fused-ring (bicyclic) bond motifs is 1. The molecule has 0 aliphatic carbocycles. The van der Waals surface area contributed by atoms with E-state index < -0.39 is 35.7 Å². The molecule has 2 rings (SSSR count). The Balaban J connectivity index is 2.28. The summed E-state index contributed by atoms with van der Waals surface area (Å²) in [6.07, 6.45) is 0.480. The Kier molecular flexibility index (Phi) is 5.54. The lowest BCUT2D eigenvalue weighted by Gasteiger charge is -2.43. The second-order valence-corrected chi connectivity index (χ2v) is 7.12. The van der Waals surface area contributed by atoms with Gasteiger partial charge in [-0.25, -0.2) is 14.6 Å². The van der Waals surface area contributed by atoms with E-state index >= 15 is 0 Å². The fourth-order valence-corrected chi connectivity index (χ4v) is 2.95. The van der Waals surface area contributed by atoms with Crippen LogP contribution in [0.2, 0.25) is 0 Å². The predicted octanol–water partition coefficient (Wildman–Crippen LogP) is 0.581. The maximum absolute atomic E-state index is 12.9. The van der Waals surface area contributed by atoms with Gasteiger partial charge < -0.3 is 14.8 Å². The molecular formula is C16H25N3O6. The smallest absolute Gasteiger partial charge is 0.407 e. The van der Waals surface area contributed by atoms with E-state index in [9.17, 15) is 19.2 Å². The van der Waals surface area contributed by atoms with Crippen LogP contribution in [0.25, 0.3) is 0 Å². The minimum atomic E-state index is -0.926. The summed E-state index contributed by atoms with van der Waals surface area (Å²) < 4.78 is 9.94. The molecule has 25 heavy (non-hydrogen) atoms. The van der Waals surface area contributed by atoms with E-state index in [1.54, 1.807) is 20.8 Å². The number of ether oxygens (including phenoxy) is 2. The third-order valence-electron chi connectivity index (χ3n) is 4.02. The monoisotopic (exact) mass is 355 g/mol. The molecular weight excluding hydrogens is 330 g/mol. The molecule has 2 atom stereocenters. The Labute approximate surface area is 146 Å². The van der Waals surface area contributed by atoms with Gasteiger partial charge in [0.25, 0.3) is 5.91 Å². The molecule has 2 fully saturated rings. The Hall–Kier alpha value is -2.32. The zero-order valence-electron chi connectivity index (χ0n) is 15.0. The average molecular weight is 355 g/mol. The summed E-state index contributed by atoms with van der Waals surface area (Å²) >= 11 is 0. The van der Waals surface area contributed by atoms with Gasteiger partial charge >= 0.3 is 12.1 Å². The zero-order chi connectivity index (χ0) is 18.8. The molecule has 9 heteroatoms. The van der Waals surface area contributed by atoms with Crippen LogP contribution in [0.15, 0.2) is 0 Å². The second-order valence-electron chi connectivity index (χ2n) is 7.12. The van der Waals surface area contributed by atoms with Crippen LogP contribution in [-0.2, 0) is 23.9 Å². The fourth-order valence-electron chi connectivity index (χ4n) is 2.95. The van der Waals surface area contributed by atoms with Gasteiger partial charge in [0.1, 0.15) is 11.6 Å². The number of carbonyl (C=O) groups excluding carboxylic acids is 4. The van der Waals surface area contributed by atoms with Gasteiger partial charge in [-0.1, -0.05) is 0 Å². The number of nitrogens with zero attached hydrogens (tertiary/aromatic N) is 2. The molecule has 0 saturated carbocycles. The van der Waals surface area contributed by atoms with Gasteiger partial charge in [-0.2, -0.15) is 0 Å². The van der Waals surface area contributed by atoms with E-state index in [0.29, 0.717) is 19.4 Å². The van der Waals surface area contributed by atoms with Gasteiger partial charge in [-0.05, 0) is 40.0 Å². The van der Waals surface area contributed by atoms with E-state index in [0.717, 1.165) is 5.01 Å². The first-order valence-electron chi connectivity index (χ1n) is 8.34. The van der Waals surface area contributed by atoms with Crippen LogP contribution in [0.4, 0.5) is 4.79 Å². The highest BCUT2D eigenvalue weighted by molar-refractivity contribution is 5.93. The molecule has 0 aromatic carbocycles. The highest BCUT2D eigenvalue weighted by Gasteiger charge is 2.45. The van der Waals surface area contributed by atoms with Crippen molar-refractivity contribution in [1.29, 1.82) is 0 Å². The summed E-state index contributed by atoms with van der Waals surface area (Å²) in [7, 11) is 1.19. The molecule has 0 spiro atoms. The largest absolute Gasteiger partial charge is 0.458 e. The molecule has 1 N–H and O–H groups in total. The lowest BCUT2D eigenvalue weighted by Crippen LogP contribution is -2.62. The summed E-state index contributed by atoms with van der Waals surface area (Å²) in [6, 6.07) is -1.81. The minimum absolute atomic E-state index is 0.0952. The number of hydrazine groups is 1. The summed E-state index contributed by atoms with van der Waals surface area (Å²) in [5.74, 6) is -1.32. The van der Waals surface area contributed by atoms with Crippen LogP contribution in [0.5, 0.6) is 0 Å². The minimum Gasteiger partial charge on any atom is -0.458 e. The Bertz CT molecular complexity index is 571. The second kappa shape index (κ2) is 7.28. The van der Waals surface area contributed by atoms with Gasteiger partial charge in [0, 0.05) is 13.0 Å². The lowest BCUT2D eigenvalue weighted by molar-refractivity contribution is -0.187. The molecule has 0 aromatic heterocycles. The molecule has 0 radical (unpaired) electrons. The van der Waals surface area contributed by atoms with E-state index in [-0.39, 0.29) is 18.7 Å². The summed E-state index contributed by atoms with van der Waals surface area (Å²) in [5.41, 5.74) is -0.706. The number of methoxy groups -OCH3 is 1. The quantitative estimate of drug-likeness (QED) is 0.727. The van der Waals surface area contributed by atoms with Crippen LogP contribution in [0.1, 0.15) is 46.5 Å². The Morgan fingerprint density at radius 3 is 2.48 bits per heavy atom. The van der Waals surface area contributed by atoms with Crippen LogP contribution in [-0.4, -0.2) is 65.2 Å². The molecule has 2 heterocycles. The maximum atomic E-state index is 12.9. The number of rotatable bonds is 2. The van der Waals surface area contributed by atoms with Crippen LogP contribution in [0, 0.1) is 0 Å². The van der Waals surface area contributed by atoms with Crippen LogP contribution < -0.4 is 5.32 Å². The van der Waals surface area contributed by atoms with Crippen molar-refractivity contribution in [3.8, 4) is 0 Å². The number of hydrogen-bond donors (Lipinski definition) is 1. The van der Waals surface area contributed by atoms with Crippen molar-refractivity contribution in [1.82, 2.24) is 15.3 Å². The van der Waals surface area contributed by atoms with Crippen molar-refractivity contribution in [2.75, 3.05) is 13.7 Å². The van der Waals surface area contributed by atoms with Crippen molar-refractivity contribution in [3.63, 3.8) is 0 Å². The van der Waals surface area contributed by atoms with Gasteiger partial charge in [0.05, 0.1) is 7.11 Å². The number of amides is 3. The predicted molar refractivity (Wildman–Crippen MR) is 86.0 cm³/mol. The SMILES string of the molecule is COC(=O)NC1CCC(=O)N2CCCC(C(=O)OC(C)(C)C)N2C1=O. The van der Waals surface area contributed by atoms with Crippen molar-refractivity contribution < 1.29 is 28.7 Å². The van der Waals surface area contributed by atoms with Crippen LogP contribution >= 0.6 is 0 Å². The van der Waals surface area contributed by atoms with Crippen molar-refractivity contribution in [2.24, 2.45) is 0 Å². The third-order valence-corrected chi connectivity index (χ3v) is 4.02. The number of alkyl carbamates (subject to hydrolysis) is 1. The number of nitrogens with one attached hydrogen (secondary N) is 1. The third kappa shape index (κ3) is 4.40. The van der Waals surface area contributed by atoms with Crippen molar-refractivity contribution >= 4 is 23.9 Å². The summed E-state index contributed by atoms with van der Waals surface area (Å²) in [4.78, 5) is 49.3. The molecule has 2 saturated heterocycles. The van der Waals surface area contributed by atoms with Gasteiger partial charge in [-0.3, -0.25) is 14.6 Å². The van der Waals surface area contributed by atoms with E-state index in [1.807, 2.05) is 0 Å². The molecule has 140 valence electrons. The first-order valence-corrected chi connectivity index (χ1v) is 8.34. The van der Waals surface area contributed by atoms with Gasteiger partial charge in [0.2, 0.25) is 5.91 Å². The van der Waals surface area contributed by atoms with Crippen molar-refractivity contribution in [2.45, 2.75) is 64.1 Å². The topological polar surface area (TPSA) is 105 Å². The molecule has 0 bridgehead atoms. The average Bonchev–Trinajstić information content (AvgIpc) is 2.65. The Morgan fingerprint density at radius 1 is 1.20 bits per heavy atom. The Morgan fingerprint density at radius 2 is 1.88 bits per heavy atom. The molecule has 3 amide bonds. The van der Waals surface area contributed by atoms with E-state index in [1.165, 1.54) is 12.1 Å². The normalized spacial score (nSPS) is 24.3. The summed E-state index contributed by atoms with van der Waals surface area (Å²) in [6.45, 7) is 5.57. The first kappa shape index (κ1) is 19.0. The summed E-state index contributed by atoms with van der Waals surface area (Å²) in [5, 5.41) is 4.90. The lowest BCUT2D eigenvalue weighted by atomic mass is 10.1. The first-order chi connectivity index (χ1) is 11.6. The number of carbonyl (C=O) groups is 4. The van der Waals surface area contributed by atoms with Crippen molar-refractivity contribution in [3.05, 3.63) is 0 Å². The molecule has 9 nitrogen and oxygen atoms in total.